The maximum Gasteiger partial charge on any atom is 0.322 e. The fourth-order valence-electron chi connectivity index (χ4n) is 3.14. The molecule has 1 N–H and O–H groups in total. The summed E-state index contributed by atoms with van der Waals surface area (Å²) in [5, 5.41) is 3.00. The molecule has 1 saturated heterocycles. The zero-order chi connectivity index (χ0) is 16.4. The molecule has 0 unspecified atom stereocenters. The van der Waals surface area contributed by atoms with Gasteiger partial charge >= 0.3 is 6.03 Å². The molecular formula is C19H21FN2O. The Balaban J connectivity index is 1.80. The lowest BCUT2D eigenvalue weighted by Crippen LogP contribution is -2.34. The fraction of sp³-hybridized carbons (Fsp3) is 0.316. The number of halogens is 1. The molecule has 0 bridgehead atoms. The lowest BCUT2D eigenvalue weighted by molar-refractivity contribution is 0.207. The Hall–Kier alpha value is -2.36. The summed E-state index contributed by atoms with van der Waals surface area (Å²) in [6.07, 6.45) is 1.80. The number of rotatable bonds is 2. The summed E-state index contributed by atoms with van der Waals surface area (Å²) < 4.78 is 13.5. The van der Waals surface area contributed by atoms with Gasteiger partial charge in [-0.15, -0.1) is 0 Å². The van der Waals surface area contributed by atoms with E-state index in [0.717, 1.165) is 35.2 Å². The summed E-state index contributed by atoms with van der Waals surface area (Å²) in [5.74, 6) is -0.260. The van der Waals surface area contributed by atoms with Crippen molar-refractivity contribution in [1.29, 1.82) is 0 Å². The number of anilines is 1. The molecule has 120 valence electrons. The predicted octanol–water partition coefficient (Wildman–Crippen LogP) is 4.81. The van der Waals surface area contributed by atoms with Crippen molar-refractivity contribution in [3.63, 3.8) is 0 Å². The predicted molar refractivity (Wildman–Crippen MR) is 90.0 cm³/mol. The summed E-state index contributed by atoms with van der Waals surface area (Å²) >= 11 is 0. The molecule has 2 aromatic carbocycles. The number of aryl methyl sites for hydroxylation is 1. The van der Waals surface area contributed by atoms with Gasteiger partial charge in [0.15, 0.2) is 0 Å². The second kappa shape index (κ2) is 6.41. The van der Waals surface area contributed by atoms with Gasteiger partial charge in [-0.2, -0.15) is 0 Å². The third-order valence-electron chi connectivity index (χ3n) is 4.59. The van der Waals surface area contributed by atoms with Crippen LogP contribution in [0.1, 0.15) is 35.6 Å². The third kappa shape index (κ3) is 3.21. The number of nitrogens with zero attached hydrogens (tertiary/aromatic N) is 1. The van der Waals surface area contributed by atoms with Crippen LogP contribution in [-0.4, -0.2) is 17.5 Å². The van der Waals surface area contributed by atoms with E-state index in [9.17, 15) is 9.18 Å². The van der Waals surface area contributed by atoms with Crippen molar-refractivity contribution >= 4 is 11.7 Å². The minimum Gasteiger partial charge on any atom is -0.317 e. The third-order valence-corrected chi connectivity index (χ3v) is 4.59. The van der Waals surface area contributed by atoms with Gasteiger partial charge in [0.25, 0.3) is 0 Å². The first-order valence-electron chi connectivity index (χ1n) is 7.95. The Morgan fingerprint density at radius 3 is 2.78 bits per heavy atom. The monoisotopic (exact) mass is 312 g/mol. The molecule has 1 aliphatic rings. The number of hydrogen-bond donors (Lipinski definition) is 1. The van der Waals surface area contributed by atoms with Gasteiger partial charge in [-0.05, 0) is 61.6 Å². The Morgan fingerprint density at radius 2 is 2.00 bits per heavy atom. The van der Waals surface area contributed by atoms with Crippen molar-refractivity contribution in [2.45, 2.75) is 32.7 Å². The Labute approximate surface area is 136 Å². The molecule has 3 nitrogen and oxygen atoms in total. The average Bonchev–Trinajstić information content (AvgIpc) is 3.01. The summed E-state index contributed by atoms with van der Waals surface area (Å²) in [6.45, 7) is 4.72. The number of carbonyl (C=O) groups excluding carboxylic acids is 1. The van der Waals surface area contributed by atoms with Crippen molar-refractivity contribution in [3.05, 3.63) is 65.0 Å². The number of carbonyl (C=O) groups is 1. The smallest absolute Gasteiger partial charge is 0.317 e. The molecule has 1 aliphatic heterocycles. The standard InChI is InChI=1S/C19H21FN2O/c1-13-6-3-9-17(14(13)2)21-19(23)22-11-5-10-18(22)15-7-4-8-16(20)12-15/h3-4,6-9,12,18H,5,10-11H2,1-2H3,(H,21,23)/t18-/m0/s1. The van der Waals surface area contributed by atoms with Crippen LogP contribution >= 0.6 is 0 Å². The van der Waals surface area contributed by atoms with Gasteiger partial charge in [0.2, 0.25) is 0 Å². The van der Waals surface area contributed by atoms with Crippen LogP contribution in [0.25, 0.3) is 0 Å². The molecule has 1 fully saturated rings. The van der Waals surface area contributed by atoms with Crippen LogP contribution in [0, 0.1) is 19.7 Å². The second-order valence-electron chi connectivity index (χ2n) is 6.08. The number of hydrogen-bond acceptors (Lipinski definition) is 1. The quantitative estimate of drug-likeness (QED) is 0.848. The van der Waals surface area contributed by atoms with E-state index in [1.165, 1.54) is 12.1 Å². The summed E-state index contributed by atoms with van der Waals surface area (Å²) in [7, 11) is 0. The van der Waals surface area contributed by atoms with E-state index < -0.39 is 0 Å². The summed E-state index contributed by atoms with van der Waals surface area (Å²) in [6, 6.07) is 12.2. The summed E-state index contributed by atoms with van der Waals surface area (Å²) in [4.78, 5) is 14.5. The van der Waals surface area contributed by atoms with Gasteiger partial charge in [-0.3, -0.25) is 0 Å². The lowest BCUT2D eigenvalue weighted by atomic mass is 10.0. The molecule has 1 atom stereocenters. The maximum absolute atomic E-state index is 13.5. The minimum atomic E-state index is -0.260. The van der Waals surface area contributed by atoms with Gasteiger partial charge in [-0.1, -0.05) is 24.3 Å². The second-order valence-corrected chi connectivity index (χ2v) is 6.08. The lowest BCUT2D eigenvalue weighted by Gasteiger charge is -2.26. The van der Waals surface area contributed by atoms with Gasteiger partial charge in [0, 0.05) is 12.2 Å². The SMILES string of the molecule is Cc1cccc(NC(=O)N2CCC[C@H]2c2cccc(F)c2)c1C. The number of urea groups is 1. The molecule has 0 saturated carbocycles. The molecule has 1 heterocycles. The van der Waals surface area contributed by atoms with Crippen LogP contribution in [0.2, 0.25) is 0 Å². The first kappa shape index (κ1) is 15.5. The van der Waals surface area contributed by atoms with Crippen LogP contribution in [0.4, 0.5) is 14.9 Å². The van der Waals surface area contributed by atoms with Crippen LogP contribution in [0.5, 0.6) is 0 Å². The first-order valence-corrected chi connectivity index (χ1v) is 7.95. The zero-order valence-electron chi connectivity index (χ0n) is 13.5. The molecule has 2 aromatic rings. The number of benzene rings is 2. The van der Waals surface area contributed by atoms with Crippen molar-refractivity contribution < 1.29 is 9.18 Å². The highest BCUT2D eigenvalue weighted by atomic mass is 19.1. The number of nitrogens with one attached hydrogen (secondary N) is 1. The van der Waals surface area contributed by atoms with Crippen LogP contribution in [-0.2, 0) is 0 Å². The number of likely N-dealkylation sites (tertiary alicyclic amines) is 1. The van der Waals surface area contributed by atoms with E-state index >= 15 is 0 Å². The van der Waals surface area contributed by atoms with Crippen molar-refractivity contribution in [2.24, 2.45) is 0 Å². The molecule has 23 heavy (non-hydrogen) atoms. The van der Waals surface area contributed by atoms with Crippen molar-refractivity contribution in [2.75, 3.05) is 11.9 Å². The van der Waals surface area contributed by atoms with Gasteiger partial charge in [-0.25, -0.2) is 9.18 Å². The fourth-order valence-corrected chi connectivity index (χ4v) is 3.14. The van der Waals surface area contributed by atoms with Gasteiger partial charge in [0.05, 0.1) is 6.04 Å². The highest BCUT2D eigenvalue weighted by Crippen LogP contribution is 2.33. The van der Waals surface area contributed by atoms with Crippen LogP contribution < -0.4 is 5.32 Å². The molecule has 0 spiro atoms. The molecule has 4 heteroatoms. The molecule has 0 aromatic heterocycles. The Bertz CT molecular complexity index is 729. The van der Waals surface area contributed by atoms with Gasteiger partial charge < -0.3 is 10.2 Å². The van der Waals surface area contributed by atoms with E-state index in [1.54, 1.807) is 11.0 Å². The Morgan fingerprint density at radius 1 is 1.22 bits per heavy atom. The summed E-state index contributed by atoms with van der Waals surface area (Å²) in [5.41, 5.74) is 3.91. The largest absolute Gasteiger partial charge is 0.322 e. The zero-order valence-corrected chi connectivity index (χ0v) is 13.5. The molecular weight excluding hydrogens is 291 g/mol. The van der Waals surface area contributed by atoms with E-state index in [0.29, 0.717) is 6.54 Å². The van der Waals surface area contributed by atoms with Crippen LogP contribution in [0.15, 0.2) is 42.5 Å². The number of amides is 2. The topological polar surface area (TPSA) is 32.3 Å². The normalized spacial score (nSPS) is 17.3. The van der Waals surface area contributed by atoms with E-state index in [2.05, 4.69) is 5.32 Å². The van der Waals surface area contributed by atoms with E-state index in [1.807, 2.05) is 38.1 Å². The molecule has 3 rings (SSSR count). The van der Waals surface area contributed by atoms with Gasteiger partial charge in [0.1, 0.15) is 5.82 Å². The van der Waals surface area contributed by atoms with Crippen molar-refractivity contribution in [1.82, 2.24) is 4.90 Å². The highest BCUT2D eigenvalue weighted by Gasteiger charge is 2.30. The molecule has 0 radical (unpaired) electrons. The molecule has 0 aliphatic carbocycles. The highest BCUT2D eigenvalue weighted by molar-refractivity contribution is 5.90. The maximum atomic E-state index is 13.5. The minimum absolute atomic E-state index is 0.0594. The van der Waals surface area contributed by atoms with E-state index in [-0.39, 0.29) is 17.9 Å². The van der Waals surface area contributed by atoms with Crippen molar-refractivity contribution in [3.8, 4) is 0 Å². The van der Waals surface area contributed by atoms with E-state index in [4.69, 9.17) is 0 Å². The molecule has 2 amide bonds. The first-order chi connectivity index (χ1) is 11.1. The average molecular weight is 312 g/mol. The van der Waals surface area contributed by atoms with Crippen LogP contribution in [0.3, 0.4) is 0 Å². The Kier molecular flexibility index (Phi) is 4.33.